The van der Waals surface area contributed by atoms with Gasteiger partial charge in [-0.3, -0.25) is 4.79 Å². The predicted octanol–water partition coefficient (Wildman–Crippen LogP) is 0.509. The van der Waals surface area contributed by atoms with Crippen molar-refractivity contribution in [1.29, 1.82) is 0 Å². The van der Waals surface area contributed by atoms with Crippen LogP contribution in [-0.2, 0) is 4.79 Å². The fraction of sp³-hybridized carbons (Fsp3) is 0.917. The Balaban J connectivity index is 2.28. The highest BCUT2D eigenvalue weighted by molar-refractivity contribution is 5.76. The van der Waals surface area contributed by atoms with Crippen molar-refractivity contribution in [2.24, 2.45) is 11.8 Å². The molecule has 0 aromatic heterocycles. The zero-order valence-corrected chi connectivity index (χ0v) is 10.3. The Hall–Kier alpha value is -0.610. The van der Waals surface area contributed by atoms with E-state index in [2.05, 4.69) is 10.6 Å². The molecule has 0 aliphatic carbocycles. The smallest absolute Gasteiger partial charge is 0.220 e. The summed E-state index contributed by atoms with van der Waals surface area (Å²) in [6.45, 7) is 6.04. The average Bonchev–Trinajstić information content (AvgIpc) is 2.27. The van der Waals surface area contributed by atoms with E-state index in [0.717, 1.165) is 25.9 Å². The van der Waals surface area contributed by atoms with Crippen LogP contribution in [0.4, 0.5) is 0 Å². The number of aliphatic hydroxyl groups excluding tert-OH is 1. The van der Waals surface area contributed by atoms with Gasteiger partial charge in [-0.1, -0.05) is 13.8 Å². The molecule has 0 radical (unpaired) electrons. The van der Waals surface area contributed by atoms with Crippen LogP contribution in [-0.4, -0.2) is 36.8 Å². The van der Waals surface area contributed by atoms with Crippen molar-refractivity contribution in [1.82, 2.24) is 10.6 Å². The number of aliphatic hydroxyl groups is 1. The number of hydrogen-bond acceptors (Lipinski definition) is 3. The van der Waals surface area contributed by atoms with Crippen LogP contribution < -0.4 is 10.6 Å². The van der Waals surface area contributed by atoms with Crippen molar-refractivity contribution in [3.05, 3.63) is 0 Å². The monoisotopic (exact) mass is 228 g/mol. The summed E-state index contributed by atoms with van der Waals surface area (Å²) in [4.78, 5) is 11.7. The van der Waals surface area contributed by atoms with E-state index in [4.69, 9.17) is 5.11 Å². The highest BCUT2D eigenvalue weighted by atomic mass is 16.3. The summed E-state index contributed by atoms with van der Waals surface area (Å²) in [6, 6.07) is -0.107. The Labute approximate surface area is 97.8 Å². The van der Waals surface area contributed by atoms with Gasteiger partial charge in [-0.25, -0.2) is 0 Å². The van der Waals surface area contributed by atoms with Crippen LogP contribution in [0.3, 0.4) is 0 Å². The number of amides is 1. The molecule has 0 bridgehead atoms. The minimum atomic E-state index is -0.107. The fourth-order valence-corrected chi connectivity index (χ4v) is 2.05. The second-order valence-electron chi connectivity index (χ2n) is 5.02. The molecule has 1 saturated heterocycles. The highest BCUT2D eigenvalue weighted by Gasteiger charge is 2.19. The van der Waals surface area contributed by atoms with Crippen molar-refractivity contribution in [2.45, 2.75) is 39.2 Å². The molecular weight excluding hydrogens is 204 g/mol. The van der Waals surface area contributed by atoms with Gasteiger partial charge in [-0.15, -0.1) is 0 Å². The van der Waals surface area contributed by atoms with Gasteiger partial charge in [0.15, 0.2) is 0 Å². The van der Waals surface area contributed by atoms with E-state index in [1.807, 2.05) is 13.8 Å². The highest BCUT2D eigenvalue weighted by Crippen LogP contribution is 2.14. The lowest BCUT2D eigenvalue weighted by atomic mass is 9.95. The van der Waals surface area contributed by atoms with Gasteiger partial charge in [0.1, 0.15) is 0 Å². The van der Waals surface area contributed by atoms with Gasteiger partial charge in [-0.2, -0.15) is 0 Å². The van der Waals surface area contributed by atoms with Gasteiger partial charge in [0.05, 0.1) is 12.6 Å². The molecule has 0 saturated carbocycles. The number of rotatable bonds is 5. The van der Waals surface area contributed by atoms with Crippen LogP contribution in [0.1, 0.15) is 33.1 Å². The lowest BCUT2D eigenvalue weighted by Gasteiger charge is -2.24. The molecule has 2 atom stereocenters. The summed E-state index contributed by atoms with van der Waals surface area (Å²) in [5.41, 5.74) is 0. The topological polar surface area (TPSA) is 61.4 Å². The third kappa shape index (κ3) is 4.49. The number of carbonyl (C=O) groups excluding carboxylic acids is 1. The van der Waals surface area contributed by atoms with Crippen LogP contribution in [0.15, 0.2) is 0 Å². The van der Waals surface area contributed by atoms with Crippen LogP contribution in [0, 0.1) is 11.8 Å². The van der Waals surface area contributed by atoms with Crippen molar-refractivity contribution in [3.63, 3.8) is 0 Å². The number of nitrogens with one attached hydrogen (secondary N) is 2. The zero-order chi connectivity index (χ0) is 12.0. The van der Waals surface area contributed by atoms with Crippen LogP contribution in [0.25, 0.3) is 0 Å². The molecular formula is C12H24N2O2. The van der Waals surface area contributed by atoms with E-state index < -0.39 is 0 Å². The SMILES string of the molecule is CC(C)C(CO)NC(=O)CC1CCCNC1. The largest absolute Gasteiger partial charge is 0.394 e. The van der Waals surface area contributed by atoms with Crippen LogP contribution >= 0.6 is 0 Å². The molecule has 4 heteroatoms. The lowest BCUT2D eigenvalue weighted by Crippen LogP contribution is -2.43. The Kier molecular flexibility index (Phi) is 5.77. The van der Waals surface area contributed by atoms with Gasteiger partial charge >= 0.3 is 0 Å². The standard InChI is InChI=1S/C12H24N2O2/c1-9(2)11(8-15)14-12(16)6-10-4-3-5-13-7-10/h9-11,13,15H,3-8H2,1-2H3,(H,14,16). The van der Waals surface area contributed by atoms with E-state index in [1.54, 1.807) is 0 Å². The normalized spacial score (nSPS) is 23.1. The Morgan fingerprint density at radius 3 is 2.81 bits per heavy atom. The maximum absolute atomic E-state index is 11.7. The number of piperidine rings is 1. The van der Waals surface area contributed by atoms with Crippen molar-refractivity contribution in [2.75, 3.05) is 19.7 Å². The molecule has 1 aliphatic rings. The van der Waals surface area contributed by atoms with E-state index in [9.17, 15) is 4.79 Å². The first-order chi connectivity index (χ1) is 7.63. The minimum Gasteiger partial charge on any atom is -0.394 e. The van der Waals surface area contributed by atoms with Crippen molar-refractivity contribution >= 4 is 5.91 Å². The molecule has 0 aromatic rings. The summed E-state index contributed by atoms with van der Waals surface area (Å²) in [5.74, 6) is 0.806. The molecule has 3 N–H and O–H groups in total. The van der Waals surface area contributed by atoms with E-state index >= 15 is 0 Å². The van der Waals surface area contributed by atoms with E-state index in [1.165, 1.54) is 0 Å². The van der Waals surface area contributed by atoms with Gasteiger partial charge in [0.2, 0.25) is 5.91 Å². The second-order valence-corrected chi connectivity index (χ2v) is 5.02. The molecule has 1 fully saturated rings. The Morgan fingerprint density at radius 1 is 1.56 bits per heavy atom. The summed E-state index contributed by atoms with van der Waals surface area (Å²) >= 11 is 0. The first-order valence-corrected chi connectivity index (χ1v) is 6.24. The third-order valence-corrected chi connectivity index (χ3v) is 3.22. The van der Waals surface area contributed by atoms with Crippen LogP contribution in [0.5, 0.6) is 0 Å². The summed E-state index contributed by atoms with van der Waals surface area (Å²) in [5, 5.41) is 15.3. The molecule has 2 unspecified atom stereocenters. The Bertz CT molecular complexity index is 213. The van der Waals surface area contributed by atoms with Gasteiger partial charge in [-0.05, 0) is 37.8 Å². The van der Waals surface area contributed by atoms with E-state index in [0.29, 0.717) is 12.3 Å². The Morgan fingerprint density at radius 2 is 2.31 bits per heavy atom. The molecule has 0 spiro atoms. The average molecular weight is 228 g/mol. The number of hydrogen-bond donors (Lipinski definition) is 3. The van der Waals surface area contributed by atoms with Gasteiger partial charge in [0, 0.05) is 6.42 Å². The summed E-state index contributed by atoms with van der Waals surface area (Å²) < 4.78 is 0. The van der Waals surface area contributed by atoms with Crippen molar-refractivity contribution < 1.29 is 9.90 Å². The molecule has 16 heavy (non-hydrogen) atoms. The first kappa shape index (κ1) is 13.5. The third-order valence-electron chi connectivity index (χ3n) is 3.22. The van der Waals surface area contributed by atoms with Crippen LogP contribution in [0.2, 0.25) is 0 Å². The summed E-state index contributed by atoms with van der Waals surface area (Å²) in [7, 11) is 0. The summed E-state index contributed by atoms with van der Waals surface area (Å²) in [6.07, 6.45) is 2.87. The lowest BCUT2D eigenvalue weighted by molar-refractivity contribution is -0.123. The molecule has 0 aromatic carbocycles. The second kappa shape index (κ2) is 6.86. The zero-order valence-electron chi connectivity index (χ0n) is 10.3. The molecule has 1 heterocycles. The quantitative estimate of drug-likeness (QED) is 0.642. The molecule has 1 rings (SSSR count). The van der Waals surface area contributed by atoms with Gasteiger partial charge < -0.3 is 15.7 Å². The first-order valence-electron chi connectivity index (χ1n) is 6.24. The number of carbonyl (C=O) groups is 1. The predicted molar refractivity (Wildman–Crippen MR) is 64.1 cm³/mol. The molecule has 94 valence electrons. The molecule has 1 amide bonds. The minimum absolute atomic E-state index is 0.0202. The maximum Gasteiger partial charge on any atom is 0.220 e. The fourth-order valence-electron chi connectivity index (χ4n) is 2.05. The maximum atomic E-state index is 11.7. The molecule has 1 aliphatic heterocycles. The van der Waals surface area contributed by atoms with E-state index in [-0.39, 0.29) is 24.5 Å². The molecule has 4 nitrogen and oxygen atoms in total. The van der Waals surface area contributed by atoms with Crippen molar-refractivity contribution in [3.8, 4) is 0 Å². The van der Waals surface area contributed by atoms with Gasteiger partial charge in [0.25, 0.3) is 0 Å².